The van der Waals surface area contributed by atoms with E-state index in [1.807, 2.05) is 60.7 Å². The summed E-state index contributed by atoms with van der Waals surface area (Å²) in [4.78, 5) is 11.9. The van der Waals surface area contributed by atoms with E-state index in [4.69, 9.17) is 9.47 Å². The van der Waals surface area contributed by atoms with Gasteiger partial charge in [-0.2, -0.15) is 0 Å². The number of hydrogen-bond donors (Lipinski definition) is 0. The summed E-state index contributed by atoms with van der Waals surface area (Å²) in [5.41, 5.74) is 5.01. The van der Waals surface area contributed by atoms with Crippen molar-refractivity contribution in [1.29, 1.82) is 0 Å². The van der Waals surface area contributed by atoms with E-state index < -0.39 is 0 Å². The van der Waals surface area contributed by atoms with Gasteiger partial charge in [0.2, 0.25) is 0 Å². The van der Waals surface area contributed by atoms with Crippen LogP contribution >= 0.6 is 0 Å². The third-order valence-electron chi connectivity index (χ3n) is 5.06. The Kier molecular flexibility index (Phi) is 5.05. The van der Waals surface area contributed by atoms with Gasteiger partial charge in [-0.05, 0) is 41.0 Å². The van der Waals surface area contributed by atoms with Crippen molar-refractivity contribution in [2.24, 2.45) is 0 Å². The van der Waals surface area contributed by atoms with Crippen LogP contribution in [-0.2, 0) is 4.79 Å². The van der Waals surface area contributed by atoms with E-state index in [1.165, 1.54) is 6.92 Å². The van der Waals surface area contributed by atoms with Gasteiger partial charge in [0.25, 0.3) is 0 Å². The van der Waals surface area contributed by atoms with Gasteiger partial charge in [-0.1, -0.05) is 66.7 Å². The first-order valence-corrected chi connectivity index (χ1v) is 9.53. The van der Waals surface area contributed by atoms with Gasteiger partial charge < -0.3 is 9.47 Å². The zero-order valence-corrected chi connectivity index (χ0v) is 16.7. The normalized spacial score (nSPS) is 10.7. The van der Waals surface area contributed by atoms with Crippen LogP contribution < -0.4 is 9.47 Å². The van der Waals surface area contributed by atoms with Crippen molar-refractivity contribution >= 4 is 16.7 Å². The van der Waals surface area contributed by atoms with Crippen LogP contribution in [0.2, 0.25) is 0 Å². The van der Waals surface area contributed by atoms with Crippen LogP contribution in [-0.4, -0.2) is 13.1 Å². The van der Waals surface area contributed by atoms with E-state index in [0.29, 0.717) is 5.75 Å². The van der Waals surface area contributed by atoms with E-state index in [9.17, 15) is 4.79 Å². The van der Waals surface area contributed by atoms with Gasteiger partial charge in [0.05, 0.1) is 7.11 Å². The molecule has 4 aromatic carbocycles. The second-order valence-electron chi connectivity index (χ2n) is 6.95. The minimum atomic E-state index is -0.354. The van der Waals surface area contributed by atoms with Crippen molar-refractivity contribution < 1.29 is 14.3 Å². The summed E-state index contributed by atoms with van der Waals surface area (Å²) in [5.74, 6) is 0.900. The molecule has 0 aromatic heterocycles. The summed E-state index contributed by atoms with van der Waals surface area (Å²) in [5, 5.41) is 2.11. The average Bonchev–Trinajstić information content (AvgIpc) is 2.73. The number of methoxy groups -OCH3 is 1. The van der Waals surface area contributed by atoms with Crippen molar-refractivity contribution in [3.05, 3.63) is 84.4 Å². The largest absolute Gasteiger partial charge is 0.496 e. The Labute approximate surface area is 170 Å². The lowest BCUT2D eigenvalue weighted by Crippen LogP contribution is -2.04. The number of carbonyl (C=O) groups excluding carboxylic acids is 1. The van der Waals surface area contributed by atoms with E-state index >= 15 is 0 Å². The minimum absolute atomic E-state index is 0.354. The zero-order valence-electron chi connectivity index (χ0n) is 16.7. The number of aryl methyl sites for hydroxylation is 1. The first-order valence-electron chi connectivity index (χ1n) is 9.53. The Morgan fingerprint density at radius 3 is 2.14 bits per heavy atom. The molecule has 0 amide bonds. The minimum Gasteiger partial charge on any atom is -0.496 e. The Morgan fingerprint density at radius 1 is 0.759 bits per heavy atom. The lowest BCUT2D eigenvalue weighted by Gasteiger charge is -2.20. The summed E-state index contributed by atoms with van der Waals surface area (Å²) in [6.45, 7) is 3.52. The molecule has 0 radical (unpaired) electrons. The molecule has 0 bridgehead atoms. The van der Waals surface area contributed by atoms with Gasteiger partial charge in [0.1, 0.15) is 11.5 Å². The second-order valence-corrected chi connectivity index (χ2v) is 6.95. The fourth-order valence-corrected chi connectivity index (χ4v) is 3.81. The molecule has 0 atom stereocenters. The van der Waals surface area contributed by atoms with Gasteiger partial charge in [0.15, 0.2) is 0 Å². The number of rotatable bonds is 4. The van der Waals surface area contributed by atoms with Crippen LogP contribution in [0.1, 0.15) is 12.5 Å². The van der Waals surface area contributed by atoms with Crippen LogP contribution in [0.4, 0.5) is 0 Å². The molecule has 144 valence electrons. The molecular formula is C26H22O3. The Hall–Kier alpha value is -3.59. The lowest BCUT2D eigenvalue weighted by molar-refractivity contribution is -0.131. The number of hydrogen-bond acceptors (Lipinski definition) is 3. The molecule has 0 aliphatic rings. The van der Waals surface area contributed by atoms with Crippen molar-refractivity contribution in [2.45, 2.75) is 13.8 Å². The molecule has 0 fully saturated rings. The molecule has 0 saturated carbocycles. The monoisotopic (exact) mass is 382 g/mol. The maximum Gasteiger partial charge on any atom is 0.308 e. The zero-order chi connectivity index (χ0) is 20.4. The molecule has 0 aliphatic carbocycles. The Morgan fingerprint density at radius 2 is 1.41 bits per heavy atom. The molecule has 4 aromatic rings. The number of para-hydroxylation sites is 1. The fraction of sp³-hybridized carbons (Fsp3) is 0.115. The van der Waals surface area contributed by atoms with E-state index in [0.717, 1.165) is 44.3 Å². The number of ether oxygens (including phenoxy) is 2. The number of carbonyl (C=O) groups is 1. The first-order chi connectivity index (χ1) is 14.1. The third-order valence-corrected chi connectivity index (χ3v) is 5.06. The van der Waals surface area contributed by atoms with Crippen molar-refractivity contribution in [3.63, 3.8) is 0 Å². The van der Waals surface area contributed by atoms with Crippen molar-refractivity contribution in [2.75, 3.05) is 7.11 Å². The summed E-state index contributed by atoms with van der Waals surface area (Å²) >= 11 is 0. The molecule has 3 nitrogen and oxygen atoms in total. The smallest absolute Gasteiger partial charge is 0.308 e. The number of benzene rings is 4. The molecule has 3 heteroatoms. The summed E-state index contributed by atoms with van der Waals surface area (Å²) in [6, 6.07) is 26.2. The average molecular weight is 382 g/mol. The highest BCUT2D eigenvalue weighted by Gasteiger charge is 2.22. The molecule has 0 N–H and O–H groups in total. The molecule has 0 unspecified atom stereocenters. The Bertz CT molecular complexity index is 1210. The number of fused-ring (bicyclic) bond motifs is 1. The molecule has 0 heterocycles. The number of esters is 1. The maximum absolute atomic E-state index is 11.9. The van der Waals surface area contributed by atoms with Crippen LogP contribution in [0.5, 0.6) is 11.5 Å². The van der Waals surface area contributed by atoms with E-state index in [1.54, 1.807) is 7.11 Å². The van der Waals surface area contributed by atoms with Crippen LogP contribution in [0.15, 0.2) is 78.9 Å². The maximum atomic E-state index is 11.9. The Balaban J connectivity index is 2.20. The van der Waals surface area contributed by atoms with Gasteiger partial charge in [0, 0.05) is 23.6 Å². The molecule has 0 spiro atoms. The summed E-state index contributed by atoms with van der Waals surface area (Å²) in [7, 11) is 1.65. The molecule has 4 rings (SSSR count). The predicted molar refractivity (Wildman–Crippen MR) is 117 cm³/mol. The third kappa shape index (κ3) is 3.47. The molecular weight excluding hydrogens is 360 g/mol. The first kappa shape index (κ1) is 18.8. The fourth-order valence-electron chi connectivity index (χ4n) is 3.81. The van der Waals surface area contributed by atoms with Crippen LogP contribution in [0, 0.1) is 6.92 Å². The summed E-state index contributed by atoms with van der Waals surface area (Å²) in [6.07, 6.45) is 0. The van der Waals surface area contributed by atoms with Crippen molar-refractivity contribution in [3.8, 4) is 33.8 Å². The predicted octanol–water partition coefficient (Wildman–Crippen LogP) is 6.42. The highest BCUT2D eigenvalue weighted by Crippen LogP contribution is 2.47. The van der Waals surface area contributed by atoms with Gasteiger partial charge in [-0.3, -0.25) is 4.79 Å². The van der Waals surface area contributed by atoms with Crippen molar-refractivity contribution in [1.82, 2.24) is 0 Å². The van der Waals surface area contributed by atoms with Gasteiger partial charge in [-0.15, -0.1) is 0 Å². The second kappa shape index (κ2) is 7.80. The topological polar surface area (TPSA) is 35.5 Å². The standard InChI is InChI=1S/C26H22O3/c1-17-10-4-6-12-20(17)25-21-13-7-5-11-19(21)16-24(29-18(2)27)26(25)22-14-8-9-15-23(22)28-3/h4-16H,1-3H3. The van der Waals surface area contributed by atoms with Crippen LogP contribution in [0.3, 0.4) is 0 Å². The molecule has 29 heavy (non-hydrogen) atoms. The van der Waals surface area contributed by atoms with Crippen LogP contribution in [0.25, 0.3) is 33.0 Å². The lowest BCUT2D eigenvalue weighted by atomic mass is 9.87. The van der Waals surface area contributed by atoms with Gasteiger partial charge >= 0.3 is 5.97 Å². The molecule has 0 aliphatic heterocycles. The quantitative estimate of drug-likeness (QED) is 0.302. The summed E-state index contributed by atoms with van der Waals surface area (Å²) < 4.78 is 11.4. The highest BCUT2D eigenvalue weighted by atomic mass is 16.5. The van der Waals surface area contributed by atoms with E-state index in [-0.39, 0.29) is 5.97 Å². The van der Waals surface area contributed by atoms with Gasteiger partial charge in [-0.25, -0.2) is 0 Å². The highest BCUT2D eigenvalue weighted by molar-refractivity contribution is 6.08. The molecule has 0 saturated heterocycles. The van der Waals surface area contributed by atoms with E-state index in [2.05, 4.69) is 25.1 Å². The SMILES string of the molecule is COc1ccccc1-c1c(OC(C)=O)cc2ccccc2c1-c1ccccc1C.